The van der Waals surface area contributed by atoms with E-state index >= 15 is 0 Å². The molecule has 0 saturated carbocycles. The van der Waals surface area contributed by atoms with Gasteiger partial charge in [0.25, 0.3) is 0 Å². The molecule has 1 aromatic rings. The van der Waals surface area contributed by atoms with Crippen LogP contribution in [0.25, 0.3) is 0 Å². The van der Waals surface area contributed by atoms with Crippen molar-refractivity contribution in [3.63, 3.8) is 0 Å². The first-order valence-electron chi connectivity index (χ1n) is 6.91. The van der Waals surface area contributed by atoms with Gasteiger partial charge in [-0.3, -0.25) is 9.69 Å². The van der Waals surface area contributed by atoms with E-state index in [-0.39, 0.29) is 18.0 Å². The van der Waals surface area contributed by atoms with E-state index in [1.807, 2.05) is 31.3 Å². The standard InChI is InChI=1S/C15H24ClN3O/c1-4-13(17)15(11-5-7-12(16)8-6-11)19(3)10-9-14(20)18-2/h5-8,13,15H,4,9-10,17H2,1-3H3,(H,18,20). The summed E-state index contributed by atoms with van der Waals surface area (Å²) in [6.45, 7) is 2.74. The summed E-state index contributed by atoms with van der Waals surface area (Å²) in [6, 6.07) is 7.85. The number of hydrogen-bond acceptors (Lipinski definition) is 3. The Hall–Kier alpha value is -1.10. The lowest BCUT2D eigenvalue weighted by Gasteiger charge is -2.32. The van der Waals surface area contributed by atoms with E-state index in [4.69, 9.17) is 17.3 Å². The molecule has 0 aliphatic heterocycles. The third-order valence-corrected chi connectivity index (χ3v) is 3.79. The van der Waals surface area contributed by atoms with Crippen LogP contribution in [0, 0.1) is 0 Å². The molecule has 0 saturated heterocycles. The van der Waals surface area contributed by atoms with Crippen LogP contribution >= 0.6 is 11.6 Å². The molecule has 0 aromatic heterocycles. The molecule has 4 nitrogen and oxygen atoms in total. The minimum Gasteiger partial charge on any atom is -0.359 e. The van der Waals surface area contributed by atoms with E-state index in [2.05, 4.69) is 17.1 Å². The van der Waals surface area contributed by atoms with Crippen molar-refractivity contribution < 1.29 is 4.79 Å². The Kier molecular flexibility index (Phi) is 6.99. The number of nitrogens with two attached hydrogens (primary N) is 1. The van der Waals surface area contributed by atoms with Crippen LogP contribution in [0.2, 0.25) is 5.02 Å². The zero-order valence-electron chi connectivity index (χ0n) is 12.4. The summed E-state index contributed by atoms with van der Waals surface area (Å²) < 4.78 is 0. The lowest BCUT2D eigenvalue weighted by atomic mass is 9.96. The van der Waals surface area contributed by atoms with Crippen LogP contribution in [0.5, 0.6) is 0 Å². The lowest BCUT2D eigenvalue weighted by Crippen LogP contribution is -2.40. The normalized spacial score (nSPS) is 14.1. The highest BCUT2D eigenvalue weighted by Gasteiger charge is 2.23. The molecule has 2 atom stereocenters. The monoisotopic (exact) mass is 297 g/mol. The minimum atomic E-state index is 0.0193. The van der Waals surface area contributed by atoms with Gasteiger partial charge in [-0.2, -0.15) is 0 Å². The molecule has 0 bridgehead atoms. The molecule has 1 aromatic carbocycles. The molecule has 0 spiro atoms. The number of carbonyl (C=O) groups is 1. The molecule has 0 aliphatic carbocycles. The highest BCUT2D eigenvalue weighted by atomic mass is 35.5. The predicted octanol–water partition coefficient (Wildman–Crippen LogP) is 2.19. The summed E-state index contributed by atoms with van der Waals surface area (Å²) in [6.07, 6.45) is 1.34. The lowest BCUT2D eigenvalue weighted by molar-refractivity contribution is -0.121. The predicted molar refractivity (Wildman–Crippen MR) is 83.8 cm³/mol. The molecule has 0 heterocycles. The second-order valence-electron chi connectivity index (χ2n) is 4.97. The quantitative estimate of drug-likeness (QED) is 0.811. The molecule has 0 fully saturated rings. The highest BCUT2D eigenvalue weighted by molar-refractivity contribution is 6.30. The maximum Gasteiger partial charge on any atom is 0.221 e. The Bertz CT molecular complexity index is 422. The van der Waals surface area contributed by atoms with Gasteiger partial charge in [-0.1, -0.05) is 30.7 Å². The van der Waals surface area contributed by atoms with Gasteiger partial charge in [0.2, 0.25) is 5.91 Å². The van der Waals surface area contributed by atoms with Crippen molar-refractivity contribution in [1.29, 1.82) is 0 Å². The second kappa shape index (κ2) is 8.25. The molecule has 5 heteroatoms. The molecule has 2 unspecified atom stereocenters. The summed E-state index contributed by atoms with van der Waals surface area (Å²) in [4.78, 5) is 13.5. The van der Waals surface area contributed by atoms with Crippen molar-refractivity contribution in [1.82, 2.24) is 10.2 Å². The molecule has 3 N–H and O–H groups in total. The van der Waals surface area contributed by atoms with Crippen LogP contribution in [0.15, 0.2) is 24.3 Å². The maximum atomic E-state index is 11.4. The number of likely N-dealkylation sites (N-methyl/N-ethyl adjacent to an activating group) is 1. The summed E-state index contributed by atoms with van der Waals surface area (Å²) in [7, 11) is 3.65. The van der Waals surface area contributed by atoms with Gasteiger partial charge < -0.3 is 11.1 Å². The van der Waals surface area contributed by atoms with E-state index in [9.17, 15) is 4.79 Å². The van der Waals surface area contributed by atoms with Gasteiger partial charge in [0.15, 0.2) is 0 Å². The van der Waals surface area contributed by atoms with Crippen molar-refractivity contribution in [3.05, 3.63) is 34.9 Å². The van der Waals surface area contributed by atoms with Crippen molar-refractivity contribution in [3.8, 4) is 0 Å². The summed E-state index contributed by atoms with van der Waals surface area (Å²) >= 11 is 5.93. The molecular weight excluding hydrogens is 274 g/mol. The summed E-state index contributed by atoms with van der Waals surface area (Å²) in [5.74, 6) is 0.0387. The van der Waals surface area contributed by atoms with Crippen LogP contribution in [-0.2, 0) is 4.79 Å². The number of hydrogen-bond donors (Lipinski definition) is 2. The fourth-order valence-electron chi connectivity index (χ4n) is 2.25. The van der Waals surface area contributed by atoms with Crippen LogP contribution in [-0.4, -0.2) is 37.5 Å². The Morgan fingerprint density at radius 2 is 2.00 bits per heavy atom. The van der Waals surface area contributed by atoms with Gasteiger partial charge in [-0.05, 0) is 31.2 Å². The van der Waals surface area contributed by atoms with Crippen LogP contribution in [0.3, 0.4) is 0 Å². The largest absolute Gasteiger partial charge is 0.359 e. The van der Waals surface area contributed by atoms with E-state index < -0.39 is 0 Å². The molecule has 1 rings (SSSR count). The fourth-order valence-corrected chi connectivity index (χ4v) is 2.38. The van der Waals surface area contributed by atoms with Crippen molar-refractivity contribution in [2.75, 3.05) is 20.6 Å². The zero-order valence-corrected chi connectivity index (χ0v) is 13.2. The third kappa shape index (κ3) is 4.78. The first kappa shape index (κ1) is 17.0. The Balaban J connectivity index is 2.83. The second-order valence-corrected chi connectivity index (χ2v) is 5.41. The Morgan fingerprint density at radius 1 is 1.40 bits per heavy atom. The van der Waals surface area contributed by atoms with Gasteiger partial charge in [0, 0.05) is 37.1 Å². The van der Waals surface area contributed by atoms with Crippen LogP contribution in [0.1, 0.15) is 31.4 Å². The molecule has 112 valence electrons. The number of rotatable bonds is 7. The molecular formula is C15H24ClN3O. The number of carbonyl (C=O) groups excluding carboxylic acids is 1. The van der Waals surface area contributed by atoms with E-state index in [0.29, 0.717) is 18.0 Å². The Labute approximate surface area is 126 Å². The van der Waals surface area contributed by atoms with Crippen LogP contribution in [0.4, 0.5) is 0 Å². The molecule has 1 amide bonds. The van der Waals surface area contributed by atoms with Gasteiger partial charge in [0.05, 0.1) is 0 Å². The number of nitrogens with zero attached hydrogens (tertiary/aromatic N) is 1. The first-order chi connectivity index (χ1) is 9.49. The van der Waals surface area contributed by atoms with Gasteiger partial charge >= 0.3 is 0 Å². The number of halogens is 1. The fraction of sp³-hybridized carbons (Fsp3) is 0.533. The van der Waals surface area contributed by atoms with E-state index in [1.165, 1.54) is 0 Å². The minimum absolute atomic E-state index is 0.0193. The van der Waals surface area contributed by atoms with Gasteiger partial charge in [-0.15, -0.1) is 0 Å². The first-order valence-corrected chi connectivity index (χ1v) is 7.29. The number of amides is 1. The molecule has 0 radical (unpaired) electrons. The number of nitrogens with one attached hydrogen (secondary N) is 1. The van der Waals surface area contributed by atoms with Crippen LogP contribution < -0.4 is 11.1 Å². The third-order valence-electron chi connectivity index (χ3n) is 3.53. The topological polar surface area (TPSA) is 58.4 Å². The molecule has 0 aliphatic rings. The van der Waals surface area contributed by atoms with Crippen molar-refractivity contribution in [2.45, 2.75) is 31.8 Å². The summed E-state index contributed by atoms with van der Waals surface area (Å²) in [5, 5.41) is 3.35. The summed E-state index contributed by atoms with van der Waals surface area (Å²) in [5.41, 5.74) is 7.38. The zero-order chi connectivity index (χ0) is 15.1. The van der Waals surface area contributed by atoms with Gasteiger partial charge in [-0.25, -0.2) is 0 Å². The van der Waals surface area contributed by atoms with Crippen molar-refractivity contribution in [2.24, 2.45) is 5.73 Å². The maximum absolute atomic E-state index is 11.4. The van der Waals surface area contributed by atoms with E-state index in [0.717, 1.165) is 12.0 Å². The average Bonchev–Trinajstić information content (AvgIpc) is 2.46. The number of benzene rings is 1. The smallest absolute Gasteiger partial charge is 0.221 e. The SMILES string of the molecule is CCC(N)C(c1ccc(Cl)cc1)N(C)CCC(=O)NC. The Morgan fingerprint density at radius 3 is 2.50 bits per heavy atom. The highest BCUT2D eigenvalue weighted by Crippen LogP contribution is 2.25. The average molecular weight is 298 g/mol. The molecule has 20 heavy (non-hydrogen) atoms. The van der Waals surface area contributed by atoms with Gasteiger partial charge in [0.1, 0.15) is 0 Å². The van der Waals surface area contributed by atoms with Crippen molar-refractivity contribution >= 4 is 17.5 Å². The van der Waals surface area contributed by atoms with E-state index in [1.54, 1.807) is 7.05 Å².